The van der Waals surface area contributed by atoms with Crippen LogP contribution in [0.25, 0.3) is 16.9 Å². The maximum absolute atomic E-state index is 4.38. The summed E-state index contributed by atoms with van der Waals surface area (Å²) < 4.78 is 1.74. The number of hydrogen-bond donors (Lipinski definition) is 1. The van der Waals surface area contributed by atoms with Crippen molar-refractivity contribution in [2.45, 2.75) is 26.3 Å². The molecule has 2 aromatic carbocycles. The van der Waals surface area contributed by atoms with Crippen LogP contribution in [0.4, 0.5) is 5.82 Å². The minimum atomic E-state index is 0.256. The summed E-state index contributed by atoms with van der Waals surface area (Å²) >= 11 is 0. The lowest BCUT2D eigenvalue weighted by atomic mass is 10.0. The van der Waals surface area contributed by atoms with Gasteiger partial charge in [-0.05, 0) is 37.0 Å². The van der Waals surface area contributed by atoms with Gasteiger partial charge >= 0.3 is 0 Å². The first-order chi connectivity index (χ1) is 12.7. The highest BCUT2D eigenvalue weighted by molar-refractivity contribution is 5.63. The quantitative estimate of drug-likeness (QED) is 0.592. The third-order valence-electron chi connectivity index (χ3n) is 4.38. The number of hydrogen-bond acceptors (Lipinski definition) is 4. The standard InChI is InChI=1S/C21H21N5/c1-15(24-20-13-16(2)25-21-22-14-23-26(20)21)12-17-8-10-19(11-9-17)18-6-4-3-5-7-18/h3-11,13-15,24H,12H2,1-2H3. The Labute approximate surface area is 152 Å². The monoisotopic (exact) mass is 343 g/mol. The summed E-state index contributed by atoms with van der Waals surface area (Å²) in [6.07, 6.45) is 2.45. The lowest BCUT2D eigenvalue weighted by Crippen LogP contribution is -2.20. The highest BCUT2D eigenvalue weighted by atomic mass is 15.4. The van der Waals surface area contributed by atoms with Gasteiger partial charge in [0.1, 0.15) is 12.1 Å². The van der Waals surface area contributed by atoms with Crippen LogP contribution in [0.5, 0.6) is 0 Å². The van der Waals surface area contributed by atoms with Crippen molar-refractivity contribution in [2.24, 2.45) is 0 Å². The first-order valence-electron chi connectivity index (χ1n) is 8.77. The molecule has 26 heavy (non-hydrogen) atoms. The van der Waals surface area contributed by atoms with Crippen molar-refractivity contribution in [3.8, 4) is 11.1 Å². The number of nitrogens with zero attached hydrogens (tertiary/aromatic N) is 4. The molecule has 0 fully saturated rings. The molecule has 5 nitrogen and oxygen atoms in total. The molecule has 1 atom stereocenters. The predicted octanol–water partition coefficient (Wildman–Crippen LogP) is 4.14. The topological polar surface area (TPSA) is 55.1 Å². The molecule has 0 amide bonds. The van der Waals surface area contributed by atoms with Gasteiger partial charge in [-0.1, -0.05) is 54.6 Å². The highest BCUT2D eigenvalue weighted by Gasteiger charge is 2.09. The molecule has 0 radical (unpaired) electrons. The molecule has 0 saturated carbocycles. The van der Waals surface area contributed by atoms with Crippen molar-refractivity contribution < 1.29 is 0 Å². The Morgan fingerprint density at radius 2 is 1.73 bits per heavy atom. The summed E-state index contributed by atoms with van der Waals surface area (Å²) in [4.78, 5) is 8.55. The van der Waals surface area contributed by atoms with Crippen LogP contribution in [0.1, 0.15) is 18.2 Å². The van der Waals surface area contributed by atoms with E-state index in [9.17, 15) is 0 Å². The summed E-state index contributed by atoms with van der Waals surface area (Å²) in [7, 11) is 0. The van der Waals surface area contributed by atoms with Crippen molar-refractivity contribution in [2.75, 3.05) is 5.32 Å². The summed E-state index contributed by atoms with van der Waals surface area (Å²) in [6, 6.07) is 21.5. The number of benzene rings is 2. The molecule has 5 heteroatoms. The Morgan fingerprint density at radius 1 is 1.00 bits per heavy atom. The van der Waals surface area contributed by atoms with Crippen LogP contribution >= 0.6 is 0 Å². The van der Waals surface area contributed by atoms with E-state index in [1.807, 2.05) is 19.1 Å². The minimum Gasteiger partial charge on any atom is -0.367 e. The molecule has 0 aliphatic carbocycles. The molecular weight excluding hydrogens is 322 g/mol. The molecule has 0 bridgehead atoms. The van der Waals surface area contributed by atoms with E-state index in [4.69, 9.17) is 0 Å². The predicted molar refractivity (Wildman–Crippen MR) is 104 cm³/mol. The summed E-state index contributed by atoms with van der Waals surface area (Å²) in [5.41, 5.74) is 4.70. The molecule has 0 saturated heterocycles. The van der Waals surface area contributed by atoms with E-state index in [0.717, 1.165) is 17.9 Å². The lowest BCUT2D eigenvalue weighted by Gasteiger charge is -2.16. The van der Waals surface area contributed by atoms with Gasteiger partial charge in [-0.25, -0.2) is 4.98 Å². The van der Waals surface area contributed by atoms with Gasteiger partial charge in [-0.15, -0.1) is 0 Å². The van der Waals surface area contributed by atoms with Crippen LogP contribution in [0.3, 0.4) is 0 Å². The highest BCUT2D eigenvalue weighted by Crippen LogP contribution is 2.20. The van der Waals surface area contributed by atoms with E-state index in [1.165, 1.54) is 23.0 Å². The van der Waals surface area contributed by atoms with E-state index in [2.05, 4.69) is 75.8 Å². The Morgan fingerprint density at radius 3 is 2.50 bits per heavy atom. The molecule has 0 aliphatic heterocycles. The maximum Gasteiger partial charge on any atom is 0.254 e. The van der Waals surface area contributed by atoms with Gasteiger partial charge in [-0.3, -0.25) is 0 Å². The molecule has 0 aliphatic rings. The Balaban J connectivity index is 1.48. The maximum atomic E-state index is 4.38. The van der Waals surface area contributed by atoms with Crippen LogP contribution in [0.15, 0.2) is 67.0 Å². The number of fused-ring (bicyclic) bond motifs is 1. The largest absolute Gasteiger partial charge is 0.367 e. The smallest absolute Gasteiger partial charge is 0.254 e. The summed E-state index contributed by atoms with van der Waals surface area (Å²) in [5.74, 6) is 1.53. The molecule has 2 heterocycles. The van der Waals surface area contributed by atoms with Crippen LogP contribution in [-0.2, 0) is 6.42 Å². The van der Waals surface area contributed by atoms with Gasteiger partial charge in [0.05, 0.1) is 0 Å². The first-order valence-corrected chi connectivity index (χ1v) is 8.77. The number of nitrogens with one attached hydrogen (secondary N) is 1. The number of aryl methyl sites for hydroxylation is 1. The zero-order valence-corrected chi connectivity index (χ0v) is 14.9. The van der Waals surface area contributed by atoms with Crippen LogP contribution in [0, 0.1) is 6.92 Å². The van der Waals surface area contributed by atoms with Gasteiger partial charge < -0.3 is 5.32 Å². The van der Waals surface area contributed by atoms with Crippen LogP contribution < -0.4 is 5.32 Å². The average molecular weight is 343 g/mol. The zero-order chi connectivity index (χ0) is 17.9. The number of anilines is 1. The fourth-order valence-corrected chi connectivity index (χ4v) is 3.15. The molecule has 4 rings (SSSR count). The third-order valence-corrected chi connectivity index (χ3v) is 4.38. The summed E-state index contributed by atoms with van der Waals surface area (Å²) in [6.45, 7) is 4.14. The normalized spacial score (nSPS) is 12.2. The minimum absolute atomic E-state index is 0.256. The Bertz CT molecular complexity index is 1010. The van der Waals surface area contributed by atoms with E-state index in [0.29, 0.717) is 5.78 Å². The van der Waals surface area contributed by atoms with Crippen molar-refractivity contribution in [1.29, 1.82) is 0 Å². The second-order valence-electron chi connectivity index (χ2n) is 6.57. The van der Waals surface area contributed by atoms with Crippen molar-refractivity contribution in [3.05, 3.63) is 78.2 Å². The Hall–Kier alpha value is -3.21. The second-order valence-corrected chi connectivity index (χ2v) is 6.57. The SMILES string of the molecule is Cc1cc(NC(C)Cc2ccc(-c3ccccc3)cc2)n2ncnc2n1. The number of aromatic nitrogens is 4. The Kier molecular flexibility index (Phi) is 4.35. The third kappa shape index (κ3) is 3.42. The van der Waals surface area contributed by atoms with Crippen LogP contribution in [0.2, 0.25) is 0 Å². The van der Waals surface area contributed by atoms with Crippen molar-refractivity contribution >= 4 is 11.6 Å². The van der Waals surface area contributed by atoms with Gasteiger partial charge in [0.2, 0.25) is 0 Å². The van der Waals surface area contributed by atoms with E-state index in [1.54, 1.807) is 4.52 Å². The van der Waals surface area contributed by atoms with Gasteiger partial charge in [0.15, 0.2) is 0 Å². The summed E-state index contributed by atoms with van der Waals surface area (Å²) in [5, 5.41) is 7.77. The first kappa shape index (κ1) is 16.3. The van der Waals surface area contributed by atoms with E-state index >= 15 is 0 Å². The van der Waals surface area contributed by atoms with Crippen molar-refractivity contribution in [1.82, 2.24) is 19.6 Å². The second kappa shape index (κ2) is 6.96. The molecule has 0 spiro atoms. The average Bonchev–Trinajstić information content (AvgIpc) is 3.11. The molecule has 130 valence electrons. The zero-order valence-electron chi connectivity index (χ0n) is 14.9. The van der Waals surface area contributed by atoms with Crippen LogP contribution in [-0.4, -0.2) is 25.6 Å². The van der Waals surface area contributed by atoms with Crippen molar-refractivity contribution in [3.63, 3.8) is 0 Å². The van der Waals surface area contributed by atoms with Gasteiger partial charge in [0.25, 0.3) is 5.78 Å². The molecular formula is C21H21N5. The number of rotatable bonds is 5. The van der Waals surface area contributed by atoms with Gasteiger partial charge in [0, 0.05) is 17.8 Å². The molecule has 1 N–H and O–H groups in total. The molecule has 1 unspecified atom stereocenters. The van der Waals surface area contributed by atoms with E-state index in [-0.39, 0.29) is 6.04 Å². The fourth-order valence-electron chi connectivity index (χ4n) is 3.15. The fraction of sp³-hybridized carbons (Fsp3) is 0.190. The van der Waals surface area contributed by atoms with Gasteiger partial charge in [-0.2, -0.15) is 14.6 Å². The molecule has 4 aromatic rings. The molecule has 2 aromatic heterocycles. The van der Waals surface area contributed by atoms with E-state index < -0.39 is 0 Å². The lowest BCUT2D eigenvalue weighted by molar-refractivity contribution is 0.770.